The fourth-order valence-corrected chi connectivity index (χ4v) is 3.12. The van der Waals surface area contributed by atoms with Gasteiger partial charge >= 0.3 is 0 Å². The van der Waals surface area contributed by atoms with Crippen LogP contribution in [-0.4, -0.2) is 25.7 Å². The molecule has 1 unspecified atom stereocenters. The maximum absolute atomic E-state index is 6.22. The second-order valence-electron chi connectivity index (χ2n) is 6.18. The maximum atomic E-state index is 6.22. The maximum Gasteiger partial charge on any atom is 0.189 e. The summed E-state index contributed by atoms with van der Waals surface area (Å²) in [5.41, 5.74) is 7.27. The third-order valence-electron chi connectivity index (χ3n) is 4.32. The number of nitrogens with two attached hydrogens (primary N) is 1. The summed E-state index contributed by atoms with van der Waals surface area (Å²) in [7, 11) is 0. The zero-order valence-corrected chi connectivity index (χ0v) is 18.0. The van der Waals surface area contributed by atoms with Gasteiger partial charge in [-0.1, -0.05) is 29.3 Å². The van der Waals surface area contributed by atoms with Gasteiger partial charge < -0.3 is 15.8 Å². The van der Waals surface area contributed by atoms with Gasteiger partial charge in [0.15, 0.2) is 5.96 Å². The van der Waals surface area contributed by atoms with Crippen LogP contribution in [-0.2, 0) is 4.74 Å². The predicted molar refractivity (Wildman–Crippen MR) is 113 cm³/mol. The normalized spacial score (nSPS) is 17.1. The molecule has 0 radical (unpaired) electrons. The Labute approximate surface area is 171 Å². The van der Waals surface area contributed by atoms with Gasteiger partial charge in [-0.25, -0.2) is 0 Å². The van der Waals surface area contributed by atoms with E-state index in [9.17, 15) is 0 Å². The highest BCUT2D eigenvalue weighted by Crippen LogP contribution is 2.49. The molecule has 0 bridgehead atoms. The smallest absolute Gasteiger partial charge is 0.189 e. The summed E-state index contributed by atoms with van der Waals surface area (Å²) in [6, 6.07) is 5.43. The first-order chi connectivity index (χ1) is 11.0. The van der Waals surface area contributed by atoms with Crippen LogP contribution in [0.1, 0.15) is 44.7 Å². The van der Waals surface area contributed by atoms with Gasteiger partial charge in [-0.05, 0) is 56.2 Å². The van der Waals surface area contributed by atoms with Crippen molar-refractivity contribution in [1.82, 2.24) is 5.32 Å². The molecule has 136 valence electrons. The lowest BCUT2D eigenvalue weighted by Crippen LogP contribution is -2.34. The molecule has 0 spiro atoms. The second kappa shape index (κ2) is 10.0. The van der Waals surface area contributed by atoms with E-state index < -0.39 is 0 Å². The number of hydrogen-bond donors (Lipinski definition) is 2. The van der Waals surface area contributed by atoms with E-state index in [-0.39, 0.29) is 30.0 Å². The summed E-state index contributed by atoms with van der Waals surface area (Å²) < 4.78 is 5.44. The van der Waals surface area contributed by atoms with Crippen molar-refractivity contribution in [2.24, 2.45) is 16.1 Å². The summed E-state index contributed by atoms with van der Waals surface area (Å²) in [5.74, 6) is 0.450. The highest BCUT2D eigenvalue weighted by Gasteiger charge is 2.41. The van der Waals surface area contributed by atoms with E-state index in [2.05, 4.69) is 10.3 Å². The zero-order valence-electron chi connectivity index (χ0n) is 14.1. The first-order valence-electron chi connectivity index (χ1n) is 8.05. The molecular weight excluding hydrogens is 460 g/mol. The molecule has 0 aromatic heterocycles. The van der Waals surface area contributed by atoms with Gasteiger partial charge in [0.1, 0.15) is 0 Å². The van der Waals surface area contributed by atoms with Crippen molar-refractivity contribution in [2.45, 2.75) is 39.2 Å². The fourth-order valence-electron chi connectivity index (χ4n) is 2.55. The van der Waals surface area contributed by atoms with Crippen LogP contribution in [0.3, 0.4) is 0 Å². The van der Waals surface area contributed by atoms with Crippen molar-refractivity contribution in [2.75, 3.05) is 19.8 Å². The molecule has 0 amide bonds. The van der Waals surface area contributed by atoms with Crippen LogP contribution in [0.5, 0.6) is 0 Å². The summed E-state index contributed by atoms with van der Waals surface area (Å²) >= 11 is 12.1. The van der Waals surface area contributed by atoms with E-state index in [0.29, 0.717) is 21.4 Å². The highest BCUT2D eigenvalue weighted by atomic mass is 127. The predicted octanol–water partition coefficient (Wildman–Crippen LogP) is 4.78. The van der Waals surface area contributed by atoms with Crippen LogP contribution in [0.15, 0.2) is 23.2 Å². The quantitative estimate of drug-likeness (QED) is 0.241. The average Bonchev–Trinajstić information content (AvgIpc) is 3.26. The lowest BCUT2D eigenvalue weighted by atomic mass is 10.0. The second-order valence-corrected chi connectivity index (χ2v) is 7.02. The molecule has 1 aliphatic carbocycles. The molecule has 1 aliphatic rings. The summed E-state index contributed by atoms with van der Waals surface area (Å²) in [4.78, 5) is 4.51. The number of hydrogen-bond acceptors (Lipinski definition) is 2. The average molecular weight is 486 g/mol. The summed E-state index contributed by atoms with van der Waals surface area (Å²) in [6.07, 6.45) is 3.46. The molecule has 0 saturated heterocycles. The molecule has 1 atom stereocenters. The minimum absolute atomic E-state index is 0. The third-order valence-corrected chi connectivity index (χ3v) is 4.88. The van der Waals surface area contributed by atoms with E-state index >= 15 is 0 Å². The van der Waals surface area contributed by atoms with Crippen molar-refractivity contribution in [3.8, 4) is 0 Å². The Balaban J connectivity index is 0.00000288. The summed E-state index contributed by atoms with van der Waals surface area (Å²) in [6.45, 7) is 6.33. The molecule has 4 nitrogen and oxygen atoms in total. The van der Waals surface area contributed by atoms with E-state index in [1.807, 2.05) is 26.0 Å². The minimum Gasteiger partial charge on any atom is -0.382 e. The van der Waals surface area contributed by atoms with Gasteiger partial charge in [0.2, 0.25) is 0 Å². The molecular formula is C17H26Cl2IN3O. The standard InChI is InChI=1S/C17H25Cl2N3O.HI/c1-3-23-9-8-17(6-7-17)11-21-16(20)22-12(2)14-5-4-13(18)10-15(14)19;/h4-5,10,12H,3,6-9,11H2,1-2H3,(H3,20,21,22);1H. The van der Waals surface area contributed by atoms with Crippen LogP contribution < -0.4 is 11.1 Å². The van der Waals surface area contributed by atoms with Gasteiger partial charge in [-0.3, -0.25) is 4.99 Å². The molecule has 3 N–H and O–H groups in total. The van der Waals surface area contributed by atoms with Crippen molar-refractivity contribution in [1.29, 1.82) is 0 Å². The van der Waals surface area contributed by atoms with Gasteiger partial charge in [0, 0.05) is 29.8 Å². The van der Waals surface area contributed by atoms with E-state index in [4.69, 9.17) is 33.7 Å². The Morgan fingerprint density at radius 2 is 2.12 bits per heavy atom. The van der Waals surface area contributed by atoms with Gasteiger partial charge in [-0.15, -0.1) is 24.0 Å². The van der Waals surface area contributed by atoms with E-state index in [0.717, 1.165) is 31.7 Å². The van der Waals surface area contributed by atoms with E-state index in [1.165, 1.54) is 12.8 Å². The molecule has 2 rings (SSSR count). The molecule has 7 heteroatoms. The topological polar surface area (TPSA) is 59.6 Å². The first kappa shape index (κ1) is 21.8. The van der Waals surface area contributed by atoms with Crippen molar-refractivity contribution in [3.05, 3.63) is 33.8 Å². The van der Waals surface area contributed by atoms with Gasteiger partial charge in [0.25, 0.3) is 0 Å². The minimum atomic E-state index is -0.0258. The molecule has 1 saturated carbocycles. The number of halogens is 3. The van der Waals surface area contributed by atoms with Gasteiger partial charge in [-0.2, -0.15) is 0 Å². The highest BCUT2D eigenvalue weighted by molar-refractivity contribution is 14.0. The Hall–Kier alpha value is -0.240. The number of nitrogens with zero attached hydrogens (tertiary/aromatic N) is 1. The van der Waals surface area contributed by atoms with Gasteiger partial charge in [0.05, 0.1) is 6.04 Å². The Bertz CT molecular complexity index is 565. The Kier molecular flexibility index (Phi) is 9.12. The van der Waals surface area contributed by atoms with Crippen LogP contribution >= 0.6 is 47.2 Å². The first-order valence-corrected chi connectivity index (χ1v) is 8.80. The largest absolute Gasteiger partial charge is 0.382 e. The number of ether oxygens (including phenoxy) is 1. The summed E-state index contributed by atoms with van der Waals surface area (Å²) in [5, 5.41) is 4.44. The number of guanidine groups is 1. The SMILES string of the molecule is CCOCCC1(CN=C(N)NC(C)c2ccc(Cl)cc2Cl)CC1.I. The zero-order chi connectivity index (χ0) is 16.9. The van der Waals surface area contributed by atoms with Crippen molar-refractivity contribution < 1.29 is 4.74 Å². The monoisotopic (exact) mass is 485 g/mol. The lowest BCUT2D eigenvalue weighted by molar-refractivity contribution is 0.129. The van der Waals surface area contributed by atoms with Crippen LogP contribution in [0.25, 0.3) is 0 Å². The van der Waals surface area contributed by atoms with Crippen molar-refractivity contribution >= 4 is 53.1 Å². The van der Waals surface area contributed by atoms with Crippen LogP contribution in [0.2, 0.25) is 10.0 Å². The fraction of sp³-hybridized carbons (Fsp3) is 0.588. The molecule has 24 heavy (non-hydrogen) atoms. The lowest BCUT2D eigenvalue weighted by Gasteiger charge is -2.18. The third kappa shape index (κ3) is 6.58. The van der Waals surface area contributed by atoms with E-state index in [1.54, 1.807) is 6.07 Å². The number of aliphatic imine (C=N–C) groups is 1. The molecule has 0 heterocycles. The Morgan fingerprint density at radius 1 is 1.42 bits per heavy atom. The van der Waals surface area contributed by atoms with Crippen LogP contribution in [0.4, 0.5) is 0 Å². The molecule has 1 fully saturated rings. The number of rotatable bonds is 8. The number of nitrogens with one attached hydrogen (secondary N) is 1. The van der Waals surface area contributed by atoms with Crippen LogP contribution in [0, 0.1) is 5.41 Å². The Morgan fingerprint density at radius 3 is 2.71 bits per heavy atom. The molecule has 1 aromatic rings. The molecule has 0 aliphatic heterocycles. The van der Waals surface area contributed by atoms with Crippen molar-refractivity contribution in [3.63, 3.8) is 0 Å². The number of benzene rings is 1. The molecule has 1 aromatic carbocycles.